The van der Waals surface area contributed by atoms with E-state index in [9.17, 15) is 9.59 Å². The van der Waals surface area contributed by atoms with Crippen LogP contribution in [0.3, 0.4) is 0 Å². The molecule has 3 heterocycles. The standard InChI is InChI=1S/C20H22N4O3/c1-13-4-5-14(10-22-13)20(26)24-12-17(27-16-3-2-8-21-11-16)9-18(24)19(25)23-15-6-7-15/h2-5,8,10-11,15,17-18H,6-7,9,12H2,1H3,(H,23,25)/t17-,18-/m0/s1. The van der Waals surface area contributed by atoms with Gasteiger partial charge in [0, 0.05) is 30.6 Å². The molecule has 1 saturated carbocycles. The first-order chi connectivity index (χ1) is 13.1. The number of nitrogens with zero attached hydrogens (tertiary/aromatic N) is 3. The Morgan fingerprint density at radius 3 is 2.74 bits per heavy atom. The Hall–Kier alpha value is -2.96. The van der Waals surface area contributed by atoms with E-state index in [1.54, 1.807) is 41.7 Å². The maximum absolute atomic E-state index is 13.0. The number of aromatic nitrogens is 2. The van der Waals surface area contributed by atoms with E-state index in [1.807, 2.05) is 13.0 Å². The first-order valence-electron chi connectivity index (χ1n) is 9.21. The van der Waals surface area contributed by atoms with Crippen LogP contribution in [-0.2, 0) is 4.79 Å². The van der Waals surface area contributed by atoms with Gasteiger partial charge in [-0.1, -0.05) is 0 Å². The number of amides is 2. The molecular weight excluding hydrogens is 344 g/mol. The maximum atomic E-state index is 13.0. The lowest BCUT2D eigenvalue weighted by Gasteiger charge is -2.23. The van der Waals surface area contributed by atoms with Gasteiger partial charge in [-0.15, -0.1) is 0 Å². The molecule has 0 aromatic carbocycles. The molecule has 27 heavy (non-hydrogen) atoms. The highest BCUT2D eigenvalue weighted by Crippen LogP contribution is 2.26. The fourth-order valence-corrected chi connectivity index (χ4v) is 3.25. The Labute approximate surface area is 157 Å². The van der Waals surface area contributed by atoms with Crippen LogP contribution in [-0.4, -0.2) is 51.4 Å². The summed E-state index contributed by atoms with van der Waals surface area (Å²) in [4.78, 5) is 35.6. The van der Waals surface area contributed by atoms with E-state index in [2.05, 4.69) is 15.3 Å². The van der Waals surface area contributed by atoms with Crippen LogP contribution in [0.1, 0.15) is 35.3 Å². The molecule has 7 nitrogen and oxygen atoms in total. The quantitative estimate of drug-likeness (QED) is 0.871. The van der Waals surface area contributed by atoms with Crippen molar-refractivity contribution in [2.45, 2.75) is 44.4 Å². The second-order valence-electron chi connectivity index (χ2n) is 7.11. The number of hydrogen-bond donors (Lipinski definition) is 1. The van der Waals surface area contributed by atoms with E-state index in [1.165, 1.54) is 0 Å². The molecule has 140 valence electrons. The Kier molecular flexibility index (Phi) is 4.75. The Bertz CT molecular complexity index is 821. The minimum Gasteiger partial charge on any atom is -0.487 e. The van der Waals surface area contributed by atoms with Gasteiger partial charge in [0.15, 0.2) is 0 Å². The molecule has 2 atom stereocenters. The molecule has 2 aromatic rings. The third-order valence-corrected chi connectivity index (χ3v) is 4.85. The molecular formula is C20H22N4O3. The fraction of sp³-hybridized carbons (Fsp3) is 0.400. The van der Waals surface area contributed by atoms with Gasteiger partial charge in [0.1, 0.15) is 17.9 Å². The van der Waals surface area contributed by atoms with Crippen molar-refractivity contribution in [1.29, 1.82) is 0 Å². The minimum absolute atomic E-state index is 0.108. The molecule has 1 N–H and O–H groups in total. The van der Waals surface area contributed by atoms with Crippen LogP contribution in [0.25, 0.3) is 0 Å². The summed E-state index contributed by atoms with van der Waals surface area (Å²) in [5.41, 5.74) is 1.32. The topological polar surface area (TPSA) is 84.4 Å². The van der Waals surface area contributed by atoms with Crippen LogP contribution in [0.15, 0.2) is 42.9 Å². The van der Waals surface area contributed by atoms with Gasteiger partial charge in [-0.25, -0.2) is 0 Å². The number of carbonyl (C=O) groups excluding carboxylic acids is 2. The maximum Gasteiger partial charge on any atom is 0.256 e. The number of ether oxygens (including phenoxy) is 1. The van der Waals surface area contributed by atoms with Crippen molar-refractivity contribution < 1.29 is 14.3 Å². The van der Waals surface area contributed by atoms with Gasteiger partial charge >= 0.3 is 0 Å². The van der Waals surface area contributed by atoms with Crippen LogP contribution >= 0.6 is 0 Å². The van der Waals surface area contributed by atoms with E-state index in [0.717, 1.165) is 18.5 Å². The SMILES string of the molecule is Cc1ccc(C(=O)N2C[C@@H](Oc3cccnc3)C[C@H]2C(=O)NC2CC2)cn1. The average Bonchev–Trinajstić information content (AvgIpc) is 3.39. The van der Waals surface area contributed by atoms with Crippen molar-refractivity contribution in [2.24, 2.45) is 0 Å². The zero-order valence-electron chi connectivity index (χ0n) is 15.2. The van der Waals surface area contributed by atoms with Crippen molar-refractivity contribution in [3.8, 4) is 5.75 Å². The van der Waals surface area contributed by atoms with Gasteiger partial charge in [0.25, 0.3) is 5.91 Å². The molecule has 2 aliphatic rings. The normalized spacial score (nSPS) is 21.7. The molecule has 2 aromatic heterocycles. The lowest BCUT2D eigenvalue weighted by Crippen LogP contribution is -2.46. The fourth-order valence-electron chi connectivity index (χ4n) is 3.25. The van der Waals surface area contributed by atoms with Gasteiger partial charge in [-0.05, 0) is 44.0 Å². The van der Waals surface area contributed by atoms with Crippen molar-refractivity contribution in [3.05, 3.63) is 54.1 Å². The van der Waals surface area contributed by atoms with Crippen molar-refractivity contribution >= 4 is 11.8 Å². The predicted octanol–water partition coefficient (Wildman–Crippen LogP) is 1.73. The largest absolute Gasteiger partial charge is 0.487 e. The van der Waals surface area contributed by atoms with E-state index in [4.69, 9.17) is 4.74 Å². The van der Waals surface area contributed by atoms with Gasteiger partial charge in [-0.2, -0.15) is 0 Å². The number of pyridine rings is 2. The van der Waals surface area contributed by atoms with Crippen LogP contribution in [0.4, 0.5) is 0 Å². The number of hydrogen-bond acceptors (Lipinski definition) is 5. The Balaban J connectivity index is 1.52. The molecule has 2 fully saturated rings. The van der Waals surface area contributed by atoms with Gasteiger partial charge < -0.3 is 15.0 Å². The van der Waals surface area contributed by atoms with Crippen molar-refractivity contribution in [1.82, 2.24) is 20.2 Å². The van der Waals surface area contributed by atoms with Crippen molar-refractivity contribution in [2.75, 3.05) is 6.54 Å². The first kappa shape index (κ1) is 17.5. The highest BCUT2D eigenvalue weighted by molar-refractivity contribution is 5.98. The van der Waals surface area contributed by atoms with E-state index < -0.39 is 6.04 Å². The summed E-state index contributed by atoms with van der Waals surface area (Å²) in [6, 6.07) is 6.86. The molecule has 4 rings (SSSR count). The molecule has 1 saturated heterocycles. The van der Waals surface area contributed by atoms with Gasteiger partial charge in [0.05, 0.1) is 18.3 Å². The molecule has 2 amide bonds. The number of nitrogens with one attached hydrogen (secondary N) is 1. The van der Waals surface area contributed by atoms with Crippen LogP contribution in [0.2, 0.25) is 0 Å². The van der Waals surface area contributed by atoms with E-state index >= 15 is 0 Å². The van der Waals surface area contributed by atoms with Crippen molar-refractivity contribution in [3.63, 3.8) is 0 Å². The summed E-state index contributed by atoms with van der Waals surface area (Å²) < 4.78 is 5.96. The molecule has 0 spiro atoms. The molecule has 1 aliphatic heterocycles. The molecule has 1 aliphatic carbocycles. The van der Waals surface area contributed by atoms with Crippen LogP contribution in [0, 0.1) is 6.92 Å². The Morgan fingerprint density at radius 1 is 1.22 bits per heavy atom. The lowest BCUT2D eigenvalue weighted by atomic mass is 10.1. The van der Waals surface area contributed by atoms with E-state index in [0.29, 0.717) is 24.3 Å². The highest BCUT2D eigenvalue weighted by atomic mass is 16.5. The average molecular weight is 366 g/mol. The number of carbonyl (C=O) groups is 2. The summed E-state index contributed by atoms with van der Waals surface area (Å²) >= 11 is 0. The second kappa shape index (κ2) is 7.34. The van der Waals surface area contributed by atoms with Crippen LogP contribution in [0.5, 0.6) is 5.75 Å². The zero-order chi connectivity index (χ0) is 18.8. The summed E-state index contributed by atoms with van der Waals surface area (Å²) in [5, 5.41) is 3.01. The summed E-state index contributed by atoms with van der Waals surface area (Å²) in [5.74, 6) is 0.328. The van der Waals surface area contributed by atoms with Gasteiger partial charge in [0.2, 0.25) is 5.91 Å². The molecule has 7 heteroatoms. The summed E-state index contributed by atoms with van der Waals surface area (Å²) in [7, 11) is 0. The van der Waals surface area contributed by atoms with E-state index in [-0.39, 0.29) is 24.0 Å². The van der Waals surface area contributed by atoms with Crippen LogP contribution < -0.4 is 10.1 Å². The molecule has 0 radical (unpaired) electrons. The smallest absolute Gasteiger partial charge is 0.256 e. The zero-order valence-corrected chi connectivity index (χ0v) is 15.2. The van der Waals surface area contributed by atoms with Gasteiger partial charge in [-0.3, -0.25) is 19.6 Å². The number of aryl methyl sites for hydroxylation is 1. The second-order valence-corrected chi connectivity index (χ2v) is 7.11. The molecule has 0 bridgehead atoms. The molecule has 0 unspecified atom stereocenters. The number of rotatable bonds is 5. The monoisotopic (exact) mass is 366 g/mol. The lowest BCUT2D eigenvalue weighted by molar-refractivity contribution is -0.125. The minimum atomic E-state index is -0.541. The summed E-state index contributed by atoms with van der Waals surface area (Å²) in [6.07, 6.45) is 7.07. The highest BCUT2D eigenvalue weighted by Gasteiger charge is 2.42. The predicted molar refractivity (Wildman–Crippen MR) is 98.2 cm³/mol. The number of likely N-dealkylation sites (tertiary alicyclic amines) is 1. The third kappa shape index (κ3) is 4.07. The Morgan fingerprint density at radius 2 is 2.07 bits per heavy atom. The summed E-state index contributed by atoms with van der Waals surface area (Å²) in [6.45, 7) is 2.22. The first-order valence-corrected chi connectivity index (χ1v) is 9.21. The third-order valence-electron chi connectivity index (χ3n) is 4.85.